The van der Waals surface area contributed by atoms with Crippen LogP contribution < -0.4 is 10.6 Å². The van der Waals surface area contributed by atoms with E-state index in [1.54, 1.807) is 7.05 Å². The smallest absolute Gasteiger partial charge is 0.191 e. The van der Waals surface area contributed by atoms with Crippen molar-refractivity contribution >= 4 is 51.5 Å². The second-order valence-electron chi connectivity index (χ2n) is 4.31. The van der Waals surface area contributed by atoms with E-state index >= 15 is 0 Å². The highest BCUT2D eigenvalue weighted by atomic mass is 127. The van der Waals surface area contributed by atoms with Crippen molar-refractivity contribution in [3.8, 4) is 0 Å². The van der Waals surface area contributed by atoms with Crippen molar-refractivity contribution in [3.63, 3.8) is 0 Å². The number of guanidine groups is 1. The topological polar surface area (TPSA) is 70.6 Å². The number of rotatable bonds is 8. The molecule has 0 aliphatic carbocycles. The summed E-state index contributed by atoms with van der Waals surface area (Å²) in [5, 5.41) is 6.39. The molecule has 0 aliphatic rings. The molecule has 0 saturated carbocycles. The molecule has 0 aliphatic heterocycles. The standard InChI is InChI=1S/C11H25N3O2S2.HI/c1-10(6-9-18(4,15)16)14-11(12-2)13-7-5-8-17-3;/h10H,5-9H2,1-4H3,(H2,12,13,14);1H. The zero-order valence-corrected chi connectivity index (χ0v) is 16.1. The van der Waals surface area contributed by atoms with Gasteiger partial charge < -0.3 is 10.6 Å². The molecule has 1 atom stereocenters. The Kier molecular flexibility index (Phi) is 13.7. The Morgan fingerprint density at radius 1 is 1.42 bits per heavy atom. The molecular weight excluding hydrogens is 397 g/mol. The molecule has 0 radical (unpaired) electrons. The summed E-state index contributed by atoms with van der Waals surface area (Å²) in [6.45, 7) is 2.83. The van der Waals surface area contributed by atoms with Gasteiger partial charge in [-0.05, 0) is 31.8 Å². The molecule has 0 amide bonds. The summed E-state index contributed by atoms with van der Waals surface area (Å²) >= 11 is 1.82. The van der Waals surface area contributed by atoms with Crippen LogP contribution in [0.1, 0.15) is 19.8 Å². The van der Waals surface area contributed by atoms with Gasteiger partial charge in [-0.25, -0.2) is 8.42 Å². The number of halogens is 1. The average Bonchev–Trinajstić information content (AvgIpc) is 2.29. The van der Waals surface area contributed by atoms with Gasteiger partial charge in [-0.3, -0.25) is 4.99 Å². The third kappa shape index (κ3) is 14.5. The molecule has 0 rings (SSSR count). The fourth-order valence-electron chi connectivity index (χ4n) is 1.31. The Bertz CT molecular complexity index is 348. The van der Waals surface area contributed by atoms with Crippen LogP contribution in [0.3, 0.4) is 0 Å². The van der Waals surface area contributed by atoms with Gasteiger partial charge in [0.25, 0.3) is 0 Å². The summed E-state index contributed by atoms with van der Waals surface area (Å²) in [5.41, 5.74) is 0. The summed E-state index contributed by atoms with van der Waals surface area (Å²) in [7, 11) is -1.17. The Morgan fingerprint density at radius 2 is 2.05 bits per heavy atom. The average molecular weight is 423 g/mol. The fourth-order valence-corrected chi connectivity index (χ4v) is 2.53. The van der Waals surface area contributed by atoms with Crippen LogP contribution in [0, 0.1) is 0 Å². The van der Waals surface area contributed by atoms with E-state index in [1.807, 2.05) is 18.7 Å². The van der Waals surface area contributed by atoms with E-state index in [-0.39, 0.29) is 35.8 Å². The molecular formula is C11H26IN3O2S2. The van der Waals surface area contributed by atoms with Gasteiger partial charge in [0.1, 0.15) is 9.84 Å². The molecule has 19 heavy (non-hydrogen) atoms. The fraction of sp³-hybridized carbons (Fsp3) is 0.909. The van der Waals surface area contributed by atoms with Gasteiger partial charge in [-0.15, -0.1) is 24.0 Å². The molecule has 116 valence electrons. The molecule has 0 heterocycles. The van der Waals surface area contributed by atoms with Crippen LogP contribution in [0.2, 0.25) is 0 Å². The quantitative estimate of drug-likeness (QED) is 0.267. The minimum Gasteiger partial charge on any atom is -0.356 e. The van der Waals surface area contributed by atoms with Crippen molar-refractivity contribution in [3.05, 3.63) is 0 Å². The van der Waals surface area contributed by atoms with Crippen molar-refractivity contribution in [1.29, 1.82) is 0 Å². The lowest BCUT2D eigenvalue weighted by Crippen LogP contribution is -2.43. The van der Waals surface area contributed by atoms with Gasteiger partial charge in [0.2, 0.25) is 0 Å². The van der Waals surface area contributed by atoms with E-state index < -0.39 is 9.84 Å². The predicted molar refractivity (Wildman–Crippen MR) is 96.7 cm³/mol. The van der Waals surface area contributed by atoms with Crippen LogP contribution in [0.5, 0.6) is 0 Å². The van der Waals surface area contributed by atoms with Crippen LogP contribution in [-0.4, -0.2) is 58.0 Å². The highest BCUT2D eigenvalue weighted by Gasteiger charge is 2.09. The molecule has 0 saturated heterocycles. The molecule has 5 nitrogen and oxygen atoms in total. The summed E-state index contributed by atoms with van der Waals surface area (Å²) < 4.78 is 22.1. The predicted octanol–water partition coefficient (Wildman–Crippen LogP) is 1.35. The van der Waals surface area contributed by atoms with Crippen LogP contribution >= 0.6 is 35.7 Å². The van der Waals surface area contributed by atoms with Gasteiger partial charge in [-0.1, -0.05) is 0 Å². The number of thioether (sulfide) groups is 1. The van der Waals surface area contributed by atoms with Crippen molar-refractivity contribution in [2.24, 2.45) is 4.99 Å². The minimum absolute atomic E-state index is 0. The number of hydrogen-bond acceptors (Lipinski definition) is 4. The third-order valence-corrected chi connectivity index (χ3v) is 4.02. The number of nitrogens with one attached hydrogen (secondary N) is 2. The van der Waals surface area contributed by atoms with Gasteiger partial charge in [0.05, 0.1) is 5.75 Å². The second kappa shape index (κ2) is 12.1. The highest BCUT2D eigenvalue weighted by Crippen LogP contribution is 1.96. The lowest BCUT2D eigenvalue weighted by Gasteiger charge is -2.17. The van der Waals surface area contributed by atoms with Crippen LogP contribution in [0.15, 0.2) is 4.99 Å². The Balaban J connectivity index is 0. The first-order valence-corrected chi connectivity index (χ1v) is 9.48. The molecule has 0 spiro atoms. The molecule has 0 aromatic rings. The van der Waals surface area contributed by atoms with E-state index in [2.05, 4.69) is 21.9 Å². The van der Waals surface area contributed by atoms with Crippen LogP contribution in [0.25, 0.3) is 0 Å². The Hall–Kier alpha value is 0.300. The van der Waals surface area contributed by atoms with Crippen LogP contribution in [0.4, 0.5) is 0 Å². The molecule has 8 heteroatoms. The van der Waals surface area contributed by atoms with E-state index in [1.165, 1.54) is 6.26 Å². The Labute approximate surface area is 138 Å². The number of sulfone groups is 1. The largest absolute Gasteiger partial charge is 0.356 e. The summed E-state index contributed by atoms with van der Waals surface area (Å²) in [6.07, 6.45) is 5.01. The second-order valence-corrected chi connectivity index (χ2v) is 7.55. The maximum Gasteiger partial charge on any atom is 0.191 e. The van der Waals surface area contributed by atoms with Gasteiger partial charge in [-0.2, -0.15) is 11.8 Å². The van der Waals surface area contributed by atoms with E-state index in [4.69, 9.17) is 0 Å². The molecule has 2 N–H and O–H groups in total. The monoisotopic (exact) mass is 423 g/mol. The lowest BCUT2D eigenvalue weighted by atomic mass is 10.3. The number of hydrogen-bond donors (Lipinski definition) is 2. The molecule has 1 unspecified atom stereocenters. The first-order valence-electron chi connectivity index (χ1n) is 6.03. The third-order valence-electron chi connectivity index (χ3n) is 2.35. The first-order chi connectivity index (χ1) is 8.39. The van der Waals surface area contributed by atoms with Crippen molar-refractivity contribution in [2.75, 3.05) is 37.6 Å². The number of nitrogens with zero attached hydrogens (tertiary/aromatic N) is 1. The molecule has 0 aromatic heterocycles. The van der Waals surface area contributed by atoms with Gasteiger partial charge >= 0.3 is 0 Å². The highest BCUT2D eigenvalue weighted by molar-refractivity contribution is 14.0. The van der Waals surface area contributed by atoms with Gasteiger partial charge in [0.15, 0.2) is 5.96 Å². The Morgan fingerprint density at radius 3 is 2.53 bits per heavy atom. The maximum atomic E-state index is 11.1. The normalized spacial score (nSPS) is 13.6. The molecule has 0 fully saturated rings. The minimum atomic E-state index is -2.89. The van der Waals surface area contributed by atoms with E-state index in [9.17, 15) is 8.42 Å². The lowest BCUT2D eigenvalue weighted by molar-refractivity contribution is 0.581. The zero-order valence-electron chi connectivity index (χ0n) is 12.1. The van der Waals surface area contributed by atoms with Crippen molar-refractivity contribution in [2.45, 2.75) is 25.8 Å². The van der Waals surface area contributed by atoms with Crippen LogP contribution in [-0.2, 0) is 9.84 Å². The van der Waals surface area contributed by atoms with Crippen molar-refractivity contribution in [1.82, 2.24) is 10.6 Å². The molecule has 0 aromatic carbocycles. The zero-order chi connectivity index (χ0) is 14.0. The van der Waals surface area contributed by atoms with Gasteiger partial charge in [0, 0.05) is 25.9 Å². The summed E-state index contributed by atoms with van der Waals surface area (Å²) in [5.74, 6) is 2.05. The first kappa shape index (κ1) is 21.6. The summed E-state index contributed by atoms with van der Waals surface area (Å²) in [4.78, 5) is 4.11. The van der Waals surface area contributed by atoms with Crippen molar-refractivity contribution < 1.29 is 8.42 Å². The van der Waals surface area contributed by atoms with E-state index in [0.717, 1.165) is 24.7 Å². The maximum absolute atomic E-state index is 11.1. The summed E-state index contributed by atoms with van der Waals surface area (Å²) in [6, 6.07) is 0.0893. The van der Waals surface area contributed by atoms with E-state index in [0.29, 0.717) is 6.42 Å². The SMILES string of the molecule is CN=C(NCCCSC)NC(C)CCS(C)(=O)=O.I. The number of aliphatic imine (C=N–C) groups is 1. The molecule has 0 bridgehead atoms.